The molecule has 0 fully saturated rings. The molecule has 2 N–H and O–H groups in total. The summed E-state index contributed by atoms with van der Waals surface area (Å²) in [6.45, 7) is 5.12. The van der Waals surface area contributed by atoms with E-state index in [1.807, 2.05) is 0 Å². The molecule has 0 aliphatic carbocycles. The van der Waals surface area contributed by atoms with Crippen molar-refractivity contribution in [2.75, 3.05) is 6.54 Å². The first-order valence-electron chi connectivity index (χ1n) is 4.98. The minimum atomic E-state index is 0.640. The van der Waals surface area contributed by atoms with Crippen molar-refractivity contribution >= 4 is 0 Å². The summed E-state index contributed by atoms with van der Waals surface area (Å²) in [7, 11) is 0. The average molecular weight is 177 g/mol. The van der Waals surface area contributed by atoms with Gasteiger partial charge in [-0.15, -0.1) is 0 Å². The number of hydrogen-bond donors (Lipinski definition) is 1. The Labute approximate surface area is 81.0 Å². The lowest BCUT2D eigenvalue weighted by molar-refractivity contribution is 0.544. The zero-order valence-corrected chi connectivity index (χ0v) is 8.59. The van der Waals surface area contributed by atoms with Crippen molar-refractivity contribution < 1.29 is 0 Å². The van der Waals surface area contributed by atoms with Gasteiger partial charge in [-0.3, -0.25) is 0 Å². The van der Waals surface area contributed by atoms with Crippen molar-refractivity contribution in [3.63, 3.8) is 0 Å². The fourth-order valence-electron chi connectivity index (χ4n) is 1.29. The maximum absolute atomic E-state index is 5.56. The van der Waals surface area contributed by atoms with E-state index in [1.165, 1.54) is 17.5 Å². The van der Waals surface area contributed by atoms with Crippen LogP contribution in [0.15, 0.2) is 24.3 Å². The summed E-state index contributed by atoms with van der Waals surface area (Å²) >= 11 is 0. The molecule has 13 heavy (non-hydrogen) atoms. The van der Waals surface area contributed by atoms with Crippen molar-refractivity contribution in [1.29, 1.82) is 0 Å². The van der Waals surface area contributed by atoms with Crippen molar-refractivity contribution in [3.05, 3.63) is 35.4 Å². The molecule has 1 nitrogen and oxygen atoms in total. The van der Waals surface area contributed by atoms with Crippen LogP contribution >= 0.6 is 0 Å². The van der Waals surface area contributed by atoms with Crippen molar-refractivity contribution in [1.82, 2.24) is 0 Å². The molecule has 0 saturated carbocycles. The molecule has 1 aromatic carbocycles. The lowest BCUT2D eigenvalue weighted by Gasteiger charge is -2.07. The molecule has 72 valence electrons. The summed E-state index contributed by atoms with van der Waals surface area (Å²) in [6, 6.07) is 8.75. The minimum Gasteiger partial charge on any atom is -0.330 e. The van der Waals surface area contributed by atoms with Gasteiger partial charge in [-0.05, 0) is 37.8 Å². The van der Waals surface area contributed by atoms with Crippen LogP contribution in [0.1, 0.15) is 24.5 Å². The molecule has 0 radical (unpaired) electrons. The summed E-state index contributed by atoms with van der Waals surface area (Å²) in [5.74, 6) is 0.640. The Morgan fingerprint density at radius 2 is 1.85 bits per heavy atom. The molecule has 0 spiro atoms. The predicted octanol–water partition coefficient (Wildman–Crippen LogP) is 2.52. The number of benzene rings is 1. The first-order chi connectivity index (χ1) is 6.22. The third-order valence-electron chi connectivity index (χ3n) is 2.45. The number of hydrogen-bond acceptors (Lipinski definition) is 1. The second kappa shape index (κ2) is 5.03. The van der Waals surface area contributed by atoms with Gasteiger partial charge in [0.15, 0.2) is 0 Å². The lowest BCUT2D eigenvalue weighted by atomic mass is 10.0. The topological polar surface area (TPSA) is 26.0 Å². The Balaban J connectivity index is 2.41. The second-order valence-electron chi connectivity index (χ2n) is 3.87. The van der Waals surface area contributed by atoms with Crippen LogP contribution in [-0.4, -0.2) is 6.54 Å². The van der Waals surface area contributed by atoms with E-state index < -0.39 is 0 Å². The molecular weight excluding hydrogens is 158 g/mol. The molecule has 0 aliphatic rings. The maximum atomic E-state index is 5.56. The van der Waals surface area contributed by atoms with Crippen LogP contribution in [0.3, 0.4) is 0 Å². The minimum absolute atomic E-state index is 0.640. The molecule has 1 rings (SSSR count). The zero-order valence-electron chi connectivity index (χ0n) is 8.59. The van der Waals surface area contributed by atoms with Gasteiger partial charge < -0.3 is 5.73 Å². The fraction of sp³-hybridized carbons (Fsp3) is 0.500. The van der Waals surface area contributed by atoms with Gasteiger partial charge in [0, 0.05) is 0 Å². The Bertz CT molecular complexity index is 238. The number of rotatable bonds is 4. The standard InChI is InChI=1S/C12H19N/c1-10-3-6-12(7-4-10)8-5-11(2)9-13/h3-4,6-7,11H,5,8-9,13H2,1-2H3/t11-/m1/s1. The molecule has 0 unspecified atom stereocenters. The molecule has 0 bridgehead atoms. The van der Waals surface area contributed by atoms with E-state index in [9.17, 15) is 0 Å². The van der Waals surface area contributed by atoms with Gasteiger partial charge in [0.1, 0.15) is 0 Å². The molecule has 0 aromatic heterocycles. The number of aryl methyl sites for hydroxylation is 2. The van der Waals surface area contributed by atoms with E-state index in [2.05, 4.69) is 38.1 Å². The van der Waals surface area contributed by atoms with Crippen LogP contribution < -0.4 is 5.73 Å². The van der Waals surface area contributed by atoms with Gasteiger partial charge in [0.05, 0.1) is 0 Å². The quantitative estimate of drug-likeness (QED) is 0.751. The van der Waals surface area contributed by atoms with Crippen LogP contribution in [0.5, 0.6) is 0 Å². The van der Waals surface area contributed by atoms with E-state index in [0.717, 1.165) is 13.0 Å². The molecule has 1 atom stereocenters. The van der Waals surface area contributed by atoms with E-state index in [0.29, 0.717) is 5.92 Å². The summed E-state index contributed by atoms with van der Waals surface area (Å²) in [6.07, 6.45) is 2.35. The van der Waals surface area contributed by atoms with Crippen LogP contribution in [0, 0.1) is 12.8 Å². The van der Waals surface area contributed by atoms with Gasteiger partial charge in [0.25, 0.3) is 0 Å². The molecular formula is C12H19N. The van der Waals surface area contributed by atoms with Crippen LogP contribution in [0.25, 0.3) is 0 Å². The maximum Gasteiger partial charge on any atom is -0.00514 e. The van der Waals surface area contributed by atoms with Gasteiger partial charge >= 0.3 is 0 Å². The summed E-state index contributed by atoms with van der Waals surface area (Å²) < 4.78 is 0. The van der Waals surface area contributed by atoms with Crippen LogP contribution in [-0.2, 0) is 6.42 Å². The average Bonchev–Trinajstić information content (AvgIpc) is 2.16. The third kappa shape index (κ3) is 3.60. The first-order valence-corrected chi connectivity index (χ1v) is 4.98. The van der Waals surface area contributed by atoms with Crippen LogP contribution in [0.4, 0.5) is 0 Å². The van der Waals surface area contributed by atoms with Gasteiger partial charge in [-0.1, -0.05) is 36.8 Å². The molecule has 0 aliphatic heterocycles. The predicted molar refractivity (Wildman–Crippen MR) is 57.7 cm³/mol. The third-order valence-corrected chi connectivity index (χ3v) is 2.45. The van der Waals surface area contributed by atoms with E-state index in [4.69, 9.17) is 5.73 Å². The summed E-state index contributed by atoms with van der Waals surface area (Å²) in [5, 5.41) is 0. The van der Waals surface area contributed by atoms with Crippen molar-refractivity contribution in [3.8, 4) is 0 Å². The molecule has 0 heterocycles. The van der Waals surface area contributed by atoms with Gasteiger partial charge in [-0.2, -0.15) is 0 Å². The molecule has 0 saturated heterocycles. The largest absolute Gasteiger partial charge is 0.330 e. The Hall–Kier alpha value is -0.820. The van der Waals surface area contributed by atoms with E-state index in [-0.39, 0.29) is 0 Å². The van der Waals surface area contributed by atoms with Crippen molar-refractivity contribution in [2.45, 2.75) is 26.7 Å². The SMILES string of the molecule is Cc1ccc(CC[C@@H](C)CN)cc1. The fourth-order valence-corrected chi connectivity index (χ4v) is 1.29. The Kier molecular flexibility index (Phi) is 3.97. The van der Waals surface area contributed by atoms with Crippen molar-refractivity contribution in [2.24, 2.45) is 11.7 Å². The Morgan fingerprint density at radius 3 is 2.38 bits per heavy atom. The Morgan fingerprint density at radius 1 is 1.23 bits per heavy atom. The highest BCUT2D eigenvalue weighted by Gasteiger charge is 1.99. The van der Waals surface area contributed by atoms with E-state index >= 15 is 0 Å². The summed E-state index contributed by atoms with van der Waals surface area (Å²) in [5.41, 5.74) is 8.31. The second-order valence-corrected chi connectivity index (χ2v) is 3.87. The highest BCUT2D eigenvalue weighted by atomic mass is 14.5. The highest BCUT2D eigenvalue weighted by molar-refractivity contribution is 5.21. The molecule has 1 heteroatoms. The monoisotopic (exact) mass is 177 g/mol. The highest BCUT2D eigenvalue weighted by Crippen LogP contribution is 2.09. The molecule has 0 amide bonds. The van der Waals surface area contributed by atoms with Gasteiger partial charge in [-0.25, -0.2) is 0 Å². The first kappa shape index (κ1) is 10.3. The smallest absolute Gasteiger partial charge is 0.00514 e. The van der Waals surface area contributed by atoms with E-state index in [1.54, 1.807) is 0 Å². The summed E-state index contributed by atoms with van der Waals surface area (Å²) in [4.78, 5) is 0. The van der Waals surface area contributed by atoms with Gasteiger partial charge in [0.2, 0.25) is 0 Å². The normalized spacial score (nSPS) is 12.8. The van der Waals surface area contributed by atoms with Crippen LogP contribution in [0.2, 0.25) is 0 Å². The number of nitrogens with two attached hydrogens (primary N) is 1. The lowest BCUT2D eigenvalue weighted by Crippen LogP contribution is -2.11. The zero-order chi connectivity index (χ0) is 9.68. The molecule has 1 aromatic rings.